The average Bonchev–Trinajstić information content (AvgIpc) is 3.05. The fraction of sp³-hybridized carbons (Fsp3) is 0.444. The molecule has 1 amide bonds. The van der Waals surface area contributed by atoms with Gasteiger partial charge in [0.25, 0.3) is 5.91 Å². The van der Waals surface area contributed by atoms with Crippen LogP contribution in [0, 0.1) is 5.92 Å². The molecule has 0 radical (unpaired) electrons. The lowest BCUT2D eigenvalue weighted by Gasteiger charge is -2.26. The number of anilines is 1. The summed E-state index contributed by atoms with van der Waals surface area (Å²) in [6.07, 6.45) is 2.42. The number of nitrogens with zero attached hydrogens (tertiary/aromatic N) is 1. The van der Waals surface area contributed by atoms with Gasteiger partial charge in [-0.25, -0.2) is 4.98 Å². The number of carbonyl (C=O) groups excluding carboxylic acids is 1. The third-order valence-corrected chi connectivity index (χ3v) is 5.29. The molecule has 0 bridgehead atoms. The summed E-state index contributed by atoms with van der Waals surface area (Å²) in [6.45, 7) is 4.99. The van der Waals surface area contributed by atoms with Gasteiger partial charge in [0.1, 0.15) is 5.75 Å². The predicted molar refractivity (Wildman–Crippen MR) is 96.7 cm³/mol. The molecule has 1 aromatic heterocycles. The molecule has 1 fully saturated rings. The van der Waals surface area contributed by atoms with Crippen molar-refractivity contribution in [1.29, 1.82) is 0 Å². The van der Waals surface area contributed by atoms with Crippen LogP contribution in [0.15, 0.2) is 29.6 Å². The second-order valence-corrected chi connectivity index (χ2v) is 7.28. The molecule has 2 aromatic rings. The first-order chi connectivity index (χ1) is 11.6. The quantitative estimate of drug-likeness (QED) is 0.871. The van der Waals surface area contributed by atoms with E-state index in [1.54, 1.807) is 7.11 Å². The molecule has 2 heterocycles. The summed E-state index contributed by atoms with van der Waals surface area (Å²) < 4.78 is 5.16. The van der Waals surface area contributed by atoms with Crippen molar-refractivity contribution < 1.29 is 14.4 Å². The van der Waals surface area contributed by atoms with Crippen LogP contribution in [-0.4, -0.2) is 37.6 Å². The van der Waals surface area contributed by atoms with Crippen LogP contribution >= 0.6 is 11.3 Å². The number of hydrogen-bond donors (Lipinski definition) is 2. The summed E-state index contributed by atoms with van der Waals surface area (Å²) in [6, 6.07) is 7.76. The fourth-order valence-corrected chi connectivity index (χ4v) is 3.70. The van der Waals surface area contributed by atoms with Crippen molar-refractivity contribution in [3.05, 3.63) is 29.6 Å². The molecule has 1 aliphatic heterocycles. The maximum absolute atomic E-state index is 12.2. The highest BCUT2D eigenvalue weighted by Gasteiger charge is 2.21. The van der Waals surface area contributed by atoms with Crippen LogP contribution in [0.1, 0.15) is 19.8 Å². The molecule has 0 spiro atoms. The molecule has 0 unspecified atom stereocenters. The number of benzene rings is 1. The molecule has 6 heteroatoms. The number of aromatic nitrogens is 1. The van der Waals surface area contributed by atoms with Crippen LogP contribution in [-0.2, 0) is 4.79 Å². The van der Waals surface area contributed by atoms with Crippen molar-refractivity contribution in [3.8, 4) is 17.0 Å². The number of nitrogens with one attached hydrogen (secondary N) is 2. The SMILES string of the molecule is COc1ccc(-c2csc(NC(=O)C[NH+]3CCC(C)CC3)n2)cc1. The Labute approximate surface area is 146 Å². The van der Waals surface area contributed by atoms with E-state index in [2.05, 4.69) is 17.2 Å². The van der Waals surface area contributed by atoms with E-state index >= 15 is 0 Å². The summed E-state index contributed by atoms with van der Waals surface area (Å²) in [4.78, 5) is 18.1. The smallest absolute Gasteiger partial charge is 0.281 e. The third-order valence-electron chi connectivity index (χ3n) is 4.53. The standard InChI is InChI=1S/C18H23N3O2S/c1-13-7-9-21(10-8-13)11-17(22)20-18-19-16(12-24-18)14-3-5-15(23-2)6-4-14/h3-6,12-13H,7-11H2,1-2H3,(H,19,20,22)/p+1. The second-order valence-electron chi connectivity index (χ2n) is 6.42. The lowest BCUT2D eigenvalue weighted by Crippen LogP contribution is -3.14. The molecule has 1 aliphatic rings. The first kappa shape index (κ1) is 16.9. The molecule has 128 valence electrons. The van der Waals surface area contributed by atoms with Crippen LogP contribution in [0.5, 0.6) is 5.75 Å². The van der Waals surface area contributed by atoms with Gasteiger partial charge in [-0.05, 0) is 43.0 Å². The van der Waals surface area contributed by atoms with Crippen molar-refractivity contribution in [2.45, 2.75) is 19.8 Å². The van der Waals surface area contributed by atoms with Crippen molar-refractivity contribution in [2.75, 3.05) is 32.1 Å². The molecular formula is C18H24N3O2S+. The highest BCUT2D eigenvalue weighted by Crippen LogP contribution is 2.26. The lowest BCUT2D eigenvalue weighted by molar-refractivity contribution is -0.897. The van der Waals surface area contributed by atoms with Crippen molar-refractivity contribution in [2.24, 2.45) is 5.92 Å². The zero-order chi connectivity index (χ0) is 16.9. The minimum atomic E-state index is 0.0511. The van der Waals surface area contributed by atoms with Gasteiger partial charge in [-0.1, -0.05) is 6.92 Å². The summed E-state index contributed by atoms with van der Waals surface area (Å²) in [5.41, 5.74) is 1.89. The molecule has 0 aliphatic carbocycles. The van der Waals surface area contributed by atoms with E-state index in [1.807, 2.05) is 29.6 Å². The molecule has 1 aromatic carbocycles. The van der Waals surface area contributed by atoms with Gasteiger partial charge in [0.15, 0.2) is 11.7 Å². The van der Waals surface area contributed by atoms with E-state index in [-0.39, 0.29) is 5.91 Å². The van der Waals surface area contributed by atoms with Crippen molar-refractivity contribution in [1.82, 2.24) is 4.98 Å². The zero-order valence-corrected chi connectivity index (χ0v) is 15.0. The van der Waals surface area contributed by atoms with Gasteiger partial charge in [-0.15, -0.1) is 11.3 Å². The summed E-state index contributed by atoms with van der Waals surface area (Å²) in [7, 11) is 1.65. The van der Waals surface area contributed by atoms with Gasteiger partial charge in [-0.2, -0.15) is 0 Å². The highest BCUT2D eigenvalue weighted by molar-refractivity contribution is 7.14. The average molecular weight is 346 g/mol. The van der Waals surface area contributed by atoms with Gasteiger partial charge in [0, 0.05) is 10.9 Å². The molecule has 5 nitrogen and oxygen atoms in total. The predicted octanol–water partition coefficient (Wildman–Crippen LogP) is 2.07. The number of ether oxygens (including phenoxy) is 1. The van der Waals surface area contributed by atoms with E-state index in [1.165, 1.54) is 29.1 Å². The van der Waals surface area contributed by atoms with E-state index in [0.29, 0.717) is 11.7 Å². The topological polar surface area (TPSA) is 55.7 Å². The van der Waals surface area contributed by atoms with E-state index in [9.17, 15) is 4.79 Å². The van der Waals surface area contributed by atoms with Gasteiger partial charge in [0.05, 0.1) is 25.9 Å². The molecule has 2 N–H and O–H groups in total. The lowest BCUT2D eigenvalue weighted by atomic mass is 9.99. The van der Waals surface area contributed by atoms with Gasteiger partial charge < -0.3 is 9.64 Å². The molecule has 0 saturated carbocycles. The Balaban J connectivity index is 1.56. The van der Waals surface area contributed by atoms with E-state index in [0.717, 1.165) is 36.0 Å². The summed E-state index contributed by atoms with van der Waals surface area (Å²) >= 11 is 1.46. The minimum Gasteiger partial charge on any atom is -0.497 e. The molecule has 0 atom stereocenters. The van der Waals surface area contributed by atoms with Crippen molar-refractivity contribution >= 4 is 22.4 Å². The second kappa shape index (κ2) is 7.77. The van der Waals surface area contributed by atoms with Crippen LogP contribution in [0.3, 0.4) is 0 Å². The van der Waals surface area contributed by atoms with E-state index in [4.69, 9.17) is 4.74 Å². The van der Waals surface area contributed by atoms with E-state index < -0.39 is 0 Å². The monoisotopic (exact) mass is 346 g/mol. The maximum Gasteiger partial charge on any atom is 0.281 e. The number of piperidine rings is 1. The summed E-state index contributed by atoms with van der Waals surface area (Å²) in [5, 5.41) is 5.56. The third kappa shape index (κ3) is 4.33. The Morgan fingerprint density at radius 2 is 2.04 bits per heavy atom. The van der Waals surface area contributed by atoms with Crippen LogP contribution < -0.4 is 15.0 Å². The number of likely N-dealkylation sites (tertiary alicyclic amines) is 1. The number of amides is 1. The number of quaternary nitrogens is 1. The Hall–Kier alpha value is -1.92. The Bertz CT molecular complexity index is 676. The Morgan fingerprint density at radius 3 is 2.71 bits per heavy atom. The molecule has 1 saturated heterocycles. The number of rotatable bonds is 5. The van der Waals surface area contributed by atoms with Crippen molar-refractivity contribution in [3.63, 3.8) is 0 Å². The number of carbonyl (C=O) groups is 1. The minimum absolute atomic E-state index is 0.0511. The van der Waals surface area contributed by atoms with Crippen LogP contribution in [0.4, 0.5) is 5.13 Å². The fourth-order valence-electron chi connectivity index (χ4n) is 2.96. The molecule has 24 heavy (non-hydrogen) atoms. The van der Waals surface area contributed by atoms with Gasteiger partial charge in [0.2, 0.25) is 0 Å². The first-order valence-electron chi connectivity index (χ1n) is 8.37. The maximum atomic E-state index is 12.2. The normalized spacial score (nSPS) is 20.6. The highest BCUT2D eigenvalue weighted by atomic mass is 32.1. The molecular weight excluding hydrogens is 322 g/mol. The van der Waals surface area contributed by atoms with Crippen LogP contribution in [0.25, 0.3) is 11.3 Å². The van der Waals surface area contributed by atoms with Gasteiger partial charge in [-0.3, -0.25) is 10.1 Å². The first-order valence-corrected chi connectivity index (χ1v) is 9.25. The Morgan fingerprint density at radius 1 is 1.33 bits per heavy atom. The van der Waals surface area contributed by atoms with Gasteiger partial charge >= 0.3 is 0 Å². The number of methoxy groups -OCH3 is 1. The number of hydrogen-bond acceptors (Lipinski definition) is 4. The van der Waals surface area contributed by atoms with Crippen LogP contribution in [0.2, 0.25) is 0 Å². The zero-order valence-electron chi connectivity index (χ0n) is 14.2. The Kier molecular flexibility index (Phi) is 5.48. The summed E-state index contributed by atoms with van der Waals surface area (Å²) in [5.74, 6) is 1.67. The number of thiazole rings is 1. The largest absolute Gasteiger partial charge is 0.497 e. The molecule has 3 rings (SSSR count).